The zero-order valence-corrected chi connectivity index (χ0v) is 10.9. The number of nitrogens with one attached hydrogen (secondary N) is 1. The largest absolute Gasteiger partial charge is 0.480 e. The maximum absolute atomic E-state index is 11.0. The van der Waals surface area contributed by atoms with E-state index in [1.54, 1.807) is 13.8 Å². The quantitative estimate of drug-likeness (QED) is 0.862. The summed E-state index contributed by atoms with van der Waals surface area (Å²) in [5.74, 6) is 0.633. The maximum Gasteiger partial charge on any atom is 0.323 e. The van der Waals surface area contributed by atoms with Crippen molar-refractivity contribution < 1.29 is 9.90 Å². The van der Waals surface area contributed by atoms with Crippen molar-refractivity contribution in [2.75, 3.05) is 12.3 Å². The third kappa shape index (κ3) is 2.64. The number of fused-ring (bicyclic) bond motifs is 1. The third-order valence-corrected chi connectivity index (χ3v) is 4.38. The number of hydrogen-bond donors (Lipinski definition) is 2. The monoisotopic (exact) mass is 251 g/mol. The van der Waals surface area contributed by atoms with Crippen LogP contribution in [-0.2, 0) is 4.79 Å². The lowest BCUT2D eigenvalue weighted by atomic mass is 9.99. The Labute approximate surface area is 106 Å². The summed E-state index contributed by atoms with van der Waals surface area (Å²) in [4.78, 5) is 12.3. The number of rotatable bonds is 4. The molecule has 1 heterocycles. The van der Waals surface area contributed by atoms with Gasteiger partial charge in [-0.15, -0.1) is 11.8 Å². The summed E-state index contributed by atoms with van der Waals surface area (Å²) in [7, 11) is 0. The number of hydrogen-bond acceptors (Lipinski definition) is 3. The minimum absolute atomic E-state index is 0.412. The highest BCUT2D eigenvalue weighted by Gasteiger charge is 2.29. The first kappa shape index (κ1) is 12.5. The molecule has 0 amide bonds. The van der Waals surface area contributed by atoms with Crippen LogP contribution in [0.2, 0.25) is 0 Å². The predicted octanol–water partition coefficient (Wildman–Crippen LogP) is 2.33. The van der Waals surface area contributed by atoms with Gasteiger partial charge in [-0.05, 0) is 25.5 Å². The van der Waals surface area contributed by atoms with Gasteiger partial charge in [0.2, 0.25) is 0 Å². The summed E-state index contributed by atoms with van der Waals surface area (Å²) in [6.07, 6.45) is 0. The van der Waals surface area contributed by atoms with E-state index in [1.165, 1.54) is 10.5 Å². The summed E-state index contributed by atoms with van der Waals surface area (Å²) < 4.78 is 0. The Bertz CT molecular complexity index is 431. The Morgan fingerprint density at radius 1 is 1.53 bits per heavy atom. The summed E-state index contributed by atoms with van der Waals surface area (Å²) in [6.45, 7) is 4.11. The van der Waals surface area contributed by atoms with Crippen molar-refractivity contribution in [3.63, 3.8) is 0 Å². The van der Waals surface area contributed by atoms with Gasteiger partial charge in [-0.1, -0.05) is 18.2 Å². The highest BCUT2D eigenvalue weighted by atomic mass is 32.2. The molecule has 1 atom stereocenters. The summed E-state index contributed by atoms with van der Waals surface area (Å²) in [5, 5.41) is 12.2. The van der Waals surface area contributed by atoms with Gasteiger partial charge in [0.1, 0.15) is 5.54 Å². The van der Waals surface area contributed by atoms with Crippen LogP contribution < -0.4 is 5.32 Å². The van der Waals surface area contributed by atoms with Gasteiger partial charge in [-0.25, -0.2) is 0 Å². The molecule has 1 aliphatic rings. The SMILES string of the molecule is CC(C)(NCC1CSc2ccccc21)C(=O)O. The summed E-state index contributed by atoms with van der Waals surface area (Å²) in [6, 6.07) is 8.35. The second-order valence-electron chi connectivity index (χ2n) is 4.86. The number of benzene rings is 1. The van der Waals surface area contributed by atoms with E-state index in [0.29, 0.717) is 12.5 Å². The van der Waals surface area contributed by atoms with Crippen molar-refractivity contribution in [3.05, 3.63) is 29.8 Å². The molecule has 4 heteroatoms. The zero-order valence-electron chi connectivity index (χ0n) is 10.1. The van der Waals surface area contributed by atoms with Gasteiger partial charge < -0.3 is 10.4 Å². The molecule has 92 valence electrons. The number of aliphatic carboxylic acids is 1. The van der Waals surface area contributed by atoms with E-state index in [0.717, 1.165) is 5.75 Å². The van der Waals surface area contributed by atoms with Crippen LogP contribution in [0.4, 0.5) is 0 Å². The minimum Gasteiger partial charge on any atom is -0.480 e. The van der Waals surface area contributed by atoms with E-state index in [1.807, 2.05) is 23.9 Å². The van der Waals surface area contributed by atoms with Gasteiger partial charge in [-0.2, -0.15) is 0 Å². The Kier molecular flexibility index (Phi) is 3.45. The smallest absolute Gasteiger partial charge is 0.323 e. The summed E-state index contributed by atoms with van der Waals surface area (Å²) in [5.41, 5.74) is 0.480. The standard InChI is InChI=1S/C13H17NO2S/c1-13(2,12(15)16)14-7-9-8-17-11-6-4-3-5-10(9)11/h3-6,9,14H,7-8H2,1-2H3,(H,15,16). The molecule has 0 spiro atoms. The van der Waals surface area contributed by atoms with Crippen LogP contribution in [0.3, 0.4) is 0 Å². The van der Waals surface area contributed by atoms with Gasteiger partial charge >= 0.3 is 5.97 Å². The Morgan fingerprint density at radius 3 is 2.94 bits per heavy atom. The van der Waals surface area contributed by atoms with Crippen LogP contribution in [0.25, 0.3) is 0 Å². The molecule has 0 bridgehead atoms. The number of thioether (sulfide) groups is 1. The van der Waals surface area contributed by atoms with Crippen molar-refractivity contribution in [3.8, 4) is 0 Å². The van der Waals surface area contributed by atoms with E-state index in [-0.39, 0.29) is 0 Å². The second kappa shape index (κ2) is 4.70. The van der Waals surface area contributed by atoms with Crippen molar-refractivity contribution >= 4 is 17.7 Å². The van der Waals surface area contributed by atoms with Crippen LogP contribution in [0.15, 0.2) is 29.2 Å². The lowest BCUT2D eigenvalue weighted by Crippen LogP contribution is -2.48. The van der Waals surface area contributed by atoms with Crippen LogP contribution in [0.5, 0.6) is 0 Å². The molecule has 17 heavy (non-hydrogen) atoms. The van der Waals surface area contributed by atoms with Gasteiger partial charge in [0.05, 0.1) is 0 Å². The van der Waals surface area contributed by atoms with Crippen LogP contribution in [0, 0.1) is 0 Å². The number of carbonyl (C=O) groups is 1. The maximum atomic E-state index is 11.0. The van der Waals surface area contributed by atoms with Crippen LogP contribution >= 0.6 is 11.8 Å². The van der Waals surface area contributed by atoms with Crippen molar-refractivity contribution in [1.82, 2.24) is 5.32 Å². The predicted molar refractivity (Wildman–Crippen MR) is 69.6 cm³/mol. The molecule has 1 aromatic rings. The van der Waals surface area contributed by atoms with Crippen LogP contribution in [0.1, 0.15) is 25.3 Å². The Hall–Kier alpha value is -1.00. The molecule has 0 fully saturated rings. The molecular formula is C13H17NO2S. The molecule has 0 saturated carbocycles. The molecule has 0 aromatic heterocycles. The molecule has 2 N–H and O–H groups in total. The second-order valence-corrected chi connectivity index (χ2v) is 5.92. The fourth-order valence-corrected chi connectivity index (χ4v) is 3.11. The van der Waals surface area contributed by atoms with Crippen molar-refractivity contribution in [2.24, 2.45) is 0 Å². The first-order chi connectivity index (χ1) is 8.00. The fraction of sp³-hybridized carbons (Fsp3) is 0.462. The van der Waals surface area contributed by atoms with E-state index >= 15 is 0 Å². The Balaban J connectivity index is 2.01. The highest BCUT2D eigenvalue weighted by molar-refractivity contribution is 7.99. The van der Waals surface area contributed by atoms with Gasteiger partial charge in [0.25, 0.3) is 0 Å². The normalized spacial score (nSPS) is 19.1. The molecule has 1 aromatic carbocycles. The molecule has 2 rings (SSSR count). The molecule has 0 saturated heterocycles. The first-order valence-electron chi connectivity index (χ1n) is 5.71. The lowest BCUT2D eigenvalue weighted by Gasteiger charge is -2.23. The molecule has 1 aliphatic heterocycles. The lowest BCUT2D eigenvalue weighted by molar-refractivity contribution is -0.143. The van der Waals surface area contributed by atoms with Crippen molar-refractivity contribution in [1.29, 1.82) is 0 Å². The van der Waals surface area contributed by atoms with Gasteiger partial charge in [-0.3, -0.25) is 4.79 Å². The van der Waals surface area contributed by atoms with E-state index in [2.05, 4.69) is 17.4 Å². The van der Waals surface area contributed by atoms with Crippen LogP contribution in [-0.4, -0.2) is 28.9 Å². The molecule has 3 nitrogen and oxygen atoms in total. The molecule has 0 radical (unpaired) electrons. The van der Waals surface area contributed by atoms with Gasteiger partial charge in [0, 0.05) is 23.1 Å². The fourth-order valence-electron chi connectivity index (χ4n) is 1.85. The first-order valence-corrected chi connectivity index (χ1v) is 6.69. The van der Waals surface area contributed by atoms with Crippen molar-refractivity contribution in [2.45, 2.75) is 30.2 Å². The third-order valence-electron chi connectivity index (χ3n) is 3.12. The van der Waals surface area contributed by atoms with E-state index in [4.69, 9.17) is 5.11 Å². The number of carboxylic acid groups (broad SMARTS) is 1. The zero-order chi connectivity index (χ0) is 12.5. The Morgan fingerprint density at radius 2 is 2.24 bits per heavy atom. The summed E-state index contributed by atoms with van der Waals surface area (Å²) >= 11 is 1.85. The average Bonchev–Trinajstić information content (AvgIpc) is 2.69. The average molecular weight is 251 g/mol. The highest BCUT2D eigenvalue weighted by Crippen LogP contribution is 2.38. The molecule has 1 unspecified atom stereocenters. The molecule has 0 aliphatic carbocycles. The van der Waals surface area contributed by atoms with E-state index in [9.17, 15) is 4.79 Å². The van der Waals surface area contributed by atoms with Gasteiger partial charge in [0.15, 0.2) is 0 Å². The van der Waals surface area contributed by atoms with E-state index < -0.39 is 11.5 Å². The molecular weight excluding hydrogens is 234 g/mol. The minimum atomic E-state index is -0.859. The number of carboxylic acids is 1. The topological polar surface area (TPSA) is 49.3 Å².